The summed E-state index contributed by atoms with van der Waals surface area (Å²) in [6.07, 6.45) is 0.114. The van der Waals surface area contributed by atoms with Gasteiger partial charge in [0.2, 0.25) is 0 Å². The molecular weight excluding hydrogens is 427 g/mol. The Morgan fingerprint density at radius 2 is 1.73 bits per heavy atom. The predicted molar refractivity (Wildman–Crippen MR) is 126 cm³/mol. The summed E-state index contributed by atoms with van der Waals surface area (Å²) in [6, 6.07) is 18.0. The number of carbonyl (C=O) groups is 1. The van der Waals surface area contributed by atoms with Gasteiger partial charge in [-0.05, 0) is 72.7 Å². The van der Waals surface area contributed by atoms with E-state index in [1.165, 1.54) is 19.1 Å². The summed E-state index contributed by atoms with van der Waals surface area (Å²) in [4.78, 5) is 16.0. The summed E-state index contributed by atoms with van der Waals surface area (Å²) in [5.41, 5.74) is 9.55. The number of nitrogens with zero attached hydrogens (tertiary/aromatic N) is 1. The SMILES string of the molecule is CC(=O)/C=C/c1cnc2ccc(-c3ccc(N)cc3)cc2c1Nc1cccc(C(F)(F)F)c1. The van der Waals surface area contributed by atoms with Crippen LogP contribution in [0, 0.1) is 0 Å². The van der Waals surface area contributed by atoms with E-state index in [4.69, 9.17) is 5.73 Å². The average Bonchev–Trinajstić information content (AvgIpc) is 2.78. The maximum Gasteiger partial charge on any atom is 0.416 e. The molecule has 0 saturated heterocycles. The Bertz CT molecular complexity index is 1360. The van der Waals surface area contributed by atoms with Crippen molar-refractivity contribution in [1.82, 2.24) is 4.98 Å². The molecular formula is C26H20F3N3O. The van der Waals surface area contributed by atoms with Crippen LogP contribution in [-0.4, -0.2) is 10.8 Å². The number of nitrogens with one attached hydrogen (secondary N) is 1. The summed E-state index contributed by atoms with van der Waals surface area (Å²) in [5, 5.41) is 3.82. The Balaban J connectivity index is 1.88. The molecule has 1 heterocycles. The van der Waals surface area contributed by atoms with Crippen LogP contribution in [0.4, 0.5) is 30.2 Å². The Morgan fingerprint density at radius 3 is 2.42 bits per heavy atom. The third-order valence-corrected chi connectivity index (χ3v) is 5.10. The van der Waals surface area contributed by atoms with Crippen molar-refractivity contribution >= 4 is 39.8 Å². The summed E-state index contributed by atoms with van der Waals surface area (Å²) < 4.78 is 39.7. The fourth-order valence-electron chi connectivity index (χ4n) is 3.45. The van der Waals surface area contributed by atoms with Gasteiger partial charge in [-0.2, -0.15) is 13.2 Å². The van der Waals surface area contributed by atoms with Gasteiger partial charge in [-0.3, -0.25) is 9.78 Å². The van der Waals surface area contributed by atoms with E-state index in [2.05, 4.69) is 10.3 Å². The number of alkyl halides is 3. The number of anilines is 3. The van der Waals surface area contributed by atoms with Crippen LogP contribution in [0.3, 0.4) is 0 Å². The average molecular weight is 447 g/mol. The first-order chi connectivity index (χ1) is 15.7. The molecule has 3 N–H and O–H groups in total. The molecule has 0 bridgehead atoms. The van der Waals surface area contributed by atoms with Crippen LogP contribution >= 0.6 is 0 Å². The molecule has 0 amide bonds. The van der Waals surface area contributed by atoms with Crippen LogP contribution in [0.2, 0.25) is 0 Å². The number of ketones is 1. The van der Waals surface area contributed by atoms with E-state index in [0.717, 1.165) is 23.3 Å². The number of nitrogens with two attached hydrogens (primary N) is 1. The van der Waals surface area contributed by atoms with Gasteiger partial charge < -0.3 is 11.1 Å². The van der Waals surface area contributed by atoms with Crippen LogP contribution in [0.25, 0.3) is 28.1 Å². The van der Waals surface area contributed by atoms with Crippen LogP contribution in [0.1, 0.15) is 18.1 Å². The summed E-state index contributed by atoms with van der Waals surface area (Å²) in [5.74, 6) is -0.157. The molecule has 0 spiro atoms. The second-order valence-electron chi connectivity index (χ2n) is 7.59. The summed E-state index contributed by atoms with van der Waals surface area (Å²) in [6.45, 7) is 1.42. The van der Waals surface area contributed by atoms with E-state index in [0.29, 0.717) is 27.8 Å². The monoisotopic (exact) mass is 447 g/mol. The van der Waals surface area contributed by atoms with Gasteiger partial charge >= 0.3 is 6.18 Å². The highest BCUT2D eigenvalue weighted by molar-refractivity contribution is 6.01. The number of nitrogen functional groups attached to an aromatic ring is 1. The van der Waals surface area contributed by atoms with Crippen LogP contribution in [0.15, 0.2) is 79.0 Å². The number of carbonyl (C=O) groups excluding carboxylic acids is 1. The van der Waals surface area contributed by atoms with Crippen molar-refractivity contribution in [2.24, 2.45) is 0 Å². The van der Waals surface area contributed by atoms with Crippen molar-refractivity contribution in [2.45, 2.75) is 13.1 Å². The Kier molecular flexibility index (Phi) is 5.87. The number of aromatic nitrogens is 1. The zero-order valence-corrected chi connectivity index (χ0v) is 17.6. The van der Waals surface area contributed by atoms with E-state index in [1.807, 2.05) is 30.3 Å². The molecule has 0 unspecified atom stereocenters. The normalized spacial score (nSPS) is 11.8. The van der Waals surface area contributed by atoms with E-state index >= 15 is 0 Å². The molecule has 0 atom stereocenters. The van der Waals surface area contributed by atoms with E-state index in [-0.39, 0.29) is 11.5 Å². The molecule has 0 aliphatic rings. The fourth-order valence-corrected chi connectivity index (χ4v) is 3.45. The van der Waals surface area contributed by atoms with Gasteiger partial charge in [-0.25, -0.2) is 0 Å². The zero-order chi connectivity index (χ0) is 23.6. The lowest BCUT2D eigenvalue weighted by molar-refractivity contribution is -0.137. The number of benzene rings is 3. The molecule has 0 aliphatic heterocycles. The van der Waals surface area contributed by atoms with Crippen molar-refractivity contribution in [2.75, 3.05) is 11.1 Å². The highest BCUT2D eigenvalue weighted by Crippen LogP contribution is 2.35. The molecule has 33 heavy (non-hydrogen) atoms. The quantitative estimate of drug-likeness (QED) is 0.259. The molecule has 7 heteroatoms. The Hall–Kier alpha value is -4.13. The lowest BCUT2D eigenvalue weighted by Crippen LogP contribution is -2.05. The Labute approximate surface area is 188 Å². The molecule has 0 radical (unpaired) electrons. The van der Waals surface area contributed by atoms with E-state index < -0.39 is 11.7 Å². The number of pyridine rings is 1. The number of fused-ring (bicyclic) bond motifs is 1. The third kappa shape index (κ3) is 5.03. The minimum absolute atomic E-state index is 0.157. The van der Waals surface area contributed by atoms with Gasteiger partial charge in [0.1, 0.15) is 0 Å². The van der Waals surface area contributed by atoms with Crippen molar-refractivity contribution in [3.8, 4) is 11.1 Å². The van der Waals surface area contributed by atoms with Crippen LogP contribution in [-0.2, 0) is 11.0 Å². The topological polar surface area (TPSA) is 68.0 Å². The number of allylic oxidation sites excluding steroid dienone is 1. The van der Waals surface area contributed by atoms with Crippen molar-refractivity contribution in [3.05, 3.63) is 90.1 Å². The molecule has 4 aromatic rings. The Morgan fingerprint density at radius 1 is 1.00 bits per heavy atom. The maximum absolute atomic E-state index is 13.2. The minimum Gasteiger partial charge on any atom is -0.399 e. The largest absolute Gasteiger partial charge is 0.416 e. The molecule has 0 saturated carbocycles. The first kappa shape index (κ1) is 22.1. The van der Waals surface area contributed by atoms with Crippen LogP contribution in [0.5, 0.6) is 0 Å². The number of halogens is 3. The summed E-state index contributed by atoms with van der Waals surface area (Å²) >= 11 is 0. The fraction of sp³-hybridized carbons (Fsp3) is 0.0769. The van der Waals surface area contributed by atoms with E-state index in [9.17, 15) is 18.0 Å². The predicted octanol–water partition coefficient (Wildman–Crippen LogP) is 6.85. The second kappa shape index (κ2) is 8.78. The maximum atomic E-state index is 13.2. The van der Waals surface area contributed by atoms with Gasteiger partial charge in [-0.15, -0.1) is 0 Å². The van der Waals surface area contributed by atoms with Crippen molar-refractivity contribution in [1.29, 1.82) is 0 Å². The molecule has 166 valence electrons. The lowest BCUT2D eigenvalue weighted by atomic mass is 10.0. The number of hydrogen-bond acceptors (Lipinski definition) is 4. The molecule has 4 nitrogen and oxygen atoms in total. The minimum atomic E-state index is -4.46. The zero-order valence-electron chi connectivity index (χ0n) is 17.6. The molecule has 1 aromatic heterocycles. The standard InChI is InChI=1S/C26H20F3N3O/c1-16(33)5-6-19-15-31-24-12-9-18(17-7-10-21(30)11-8-17)13-23(24)25(19)32-22-4-2-3-20(14-22)26(27,28)29/h2-15H,30H2,1H3,(H,31,32)/b6-5+. The number of rotatable bonds is 5. The van der Waals surface area contributed by atoms with Gasteiger partial charge in [0.25, 0.3) is 0 Å². The first-order valence-electron chi connectivity index (χ1n) is 10.1. The first-order valence-corrected chi connectivity index (χ1v) is 10.1. The van der Waals surface area contributed by atoms with Gasteiger partial charge in [0.05, 0.1) is 16.8 Å². The summed E-state index contributed by atoms with van der Waals surface area (Å²) in [7, 11) is 0. The van der Waals surface area contributed by atoms with Gasteiger partial charge in [-0.1, -0.05) is 24.3 Å². The number of hydrogen-bond donors (Lipinski definition) is 2. The van der Waals surface area contributed by atoms with Crippen LogP contribution < -0.4 is 11.1 Å². The van der Waals surface area contributed by atoms with Crippen molar-refractivity contribution < 1.29 is 18.0 Å². The second-order valence-corrected chi connectivity index (χ2v) is 7.59. The van der Waals surface area contributed by atoms with E-state index in [1.54, 1.807) is 30.5 Å². The smallest absolute Gasteiger partial charge is 0.399 e. The molecule has 4 rings (SSSR count). The third-order valence-electron chi connectivity index (χ3n) is 5.10. The van der Waals surface area contributed by atoms with Gasteiger partial charge in [0, 0.05) is 28.5 Å². The highest BCUT2D eigenvalue weighted by atomic mass is 19.4. The van der Waals surface area contributed by atoms with Crippen molar-refractivity contribution in [3.63, 3.8) is 0 Å². The molecule has 0 fully saturated rings. The van der Waals surface area contributed by atoms with Gasteiger partial charge in [0.15, 0.2) is 5.78 Å². The lowest BCUT2D eigenvalue weighted by Gasteiger charge is -2.15. The molecule has 0 aliphatic carbocycles. The molecule has 3 aromatic carbocycles. The highest BCUT2D eigenvalue weighted by Gasteiger charge is 2.30.